The number of carbonyl (C=O) groups is 1. The summed E-state index contributed by atoms with van der Waals surface area (Å²) in [6.45, 7) is -0.493. The first-order valence-electron chi connectivity index (χ1n) is 6.43. The minimum atomic E-state index is -2.91. The molecule has 1 aromatic rings. The molecule has 1 rings (SSSR count). The van der Waals surface area contributed by atoms with Crippen LogP contribution in [0.4, 0.5) is 8.78 Å². The Morgan fingerprint density at radius 1 is 1.40 bits per heavy atom. The average Bonchev–Trinajstić information content (AvgIpc) is 2.38. The van der Waals surface area contributed by atoms with Gasteiger partial charge in [0.2, 0.25) is 5.91 Å². The zero-order chi connectivity index (χ0) is 15.0. The summed E-state index contributed by atoms with van der Waals surface area (Å²) in [5, 5.41) is 11.5. The van der Waals surface area contributed by atoms with E-state index in [0.717, 1.165) is 0 Å². The van der Waals surface area contributed by atoms with E-state index in [1.165, 1.54) is 6.07 Å². The predicted octanol–water partition coefficient (Wildman–Crippen LogP) is 1.97. The summed E-state index contributed by atoms with van der Waals surface area (Å²) in [4.78, 5) is 11.7. The molecule has 0 fully saturated rings. The first-order valence-corrected chi connectivity index (χ1v) is 6.43. The highest BCUT2D eigenvalue weighted by Gasteiger charge is 2.12. The number of rotatable bonds is 8. The second kappa shape index (κ2) is 8.47. The lowest BCUT2D eigenvalue weighted by molar-refractivity contribution is -0.120. The molecule has 0 aromatic heterocycles. The largest absolute Gasteiger partial charge is 0.435 e. The second-order valence-corrected chi connectivity index (χ2v) is 4.58. The molecule has 20 heavy (non-hydrogen) atoms. The van der Waals surface area contributed by atoms with Gasteiger partial charge in [-0.15, -0.1) is 0 Å². The minimum Gasteiger partial charge on any atom is -0.435 e. The first kappa shape index (κ1) is 16.4. The van der Waals surface area contributed by atoms with Gasteiger partial charge in [0.25, 0.3) is 0 Å². The van der Waals surface area contributed by atoms with E-state index in [0.29, 0.717) is 18.5 Å². The quantitative estimate of drug-likeness (QED) is 0.768. The van der Waals surface area contributed by atoms with Gasteiger partial charge < -0.3 is 15.2 Å². The fraction of sp³-hybridized carbons (Fsp3) is 0.500. The van der Waals surface area contributed by atoms with Gasteiger partial charge in [0.15, 0.2) is 0 Å². The topological polar surface area (TPSA) is 58.6 Å². The molecule has 1 amide bonds. The Kier molecular flexibility index (Phi) is 6.93. The van der Waals surface area contributed by atoms with E-state index in [9.17, 15) is 13.6 Å². The lowest BCUT2D eigenvalue weighted by atomic mass is 10.1. The smallest absolute Gasteiger partial charge is 0.387 e. The molecular formula is C14H19F2NO3. The van der Waals surface area contributed by atoms with Crippen LogP contribution in [0, 0.1) is 5.92 Å². The number of nitrogens with one attached hydrogen (secondary N) is 1. The number of amides is 1. The Hall–Kier alpha value is -1.69. The van der Waals surface area contributed by atoms with Crippen molar-refractivity contribution in [1.82, 2.24) is 5.32 Å². The molecule has 0 saturated carbocycles. The zero-order valence-corrected chi connectivity index (χ0v) is 11.3. The van der Waals surface area contributed by atoms with Gasteiger partial charge in [-0.05, 0) is 18.4 Å². The number of alkyl halides is 2. The summed E-state index contributed by atoms with van der Waals surface area (Å²) >= 11 is 0. The van der Waals surface area contributed by atoms with Crippen molar-refractivity contribution in [2.45, 2.75) is 26.4 Å². The monoisotopic (exact) mass is 287 g/mol. The number of aliphatic hydroxyl groups excluding tert-OH is 1. The van der Waals surface area contributed by atoms with Crippen LogP contribution >= 0.6 is 0 Å². The van der Waals surface area contributed by atoms with Gasteiger partial charge in [0, 0.05) is 18.7 Å². The number of carbonyl (C=O) groups excluding carboxylic acids is 1. The molecule has 0 spiro atoms. The van der Waals surface area contributed by atoms with Gasteiger partial charge in [0.1, 0.15) is 5.75 Å². The Balaban J connectivity index is 2.53. The van der Waals surface area contributed by atoms with E-state index in [1.807, 2.05) is 6.92 Å². The average molecular weight is 287 g/mol. The molecule has 0 heterocycles. The lowest BCUT2D eigenvalue weighted by Gasteiger charge is -2.13. The summed E-state index contributed by atoms with van der Waals surface area (Å²) in [5.41, 5.74) is 0.417. The third kappa shape index (κ3) is 5.97. The van der Waals surface area contributed by atoms with E-state index in [2.05, 4.69) is 10.1 Å². The molecule has 0 bridgehead atoms. The highest BCUT2D eigenvalue weighted by atomic mass is 19.3. The molecule has 0 aliphatic carbocycles. The van der Waals surface area contributed by atoms with Crippen LogP contribution in [0.15, 0.2) is 24.3 Å². The number of hydrogen-bond acceptors (Lipinski definition) is 3. The molecule has 6 heteroatoms. The molecule has 2 N–H and O–H groups in total. The van der Waals surface area contributed by atoms with Gasteiger partial charge in [-0.3, -0.25) is 4.79 Å². The Labute approximate surface area is 116 Å². The molecular weight excluding hydrogens is 268 g/mol. The fourth-order valence-electron chi connectivity index (χ4n) is 1.71. The van der Waals surface area contributed by atoms with Crippen molar-refractivity contribution in [3.05, 3.63) is 29.8 Å². The van der Waals surface area contributed by atoms with Crippen LogP contribution in [-0.4, -0.2) is 30.8 Å². The van der Waals surface area contributed by atoms with Gasteiger partial charge >= 0.3 is 6.61 Å². The molecule has 0 aliphatic rings. The van der Waals surface area contributed by atoms with Crippen molar-refractivity contribution in [3.63, 3.8) is 0 Å². The normalized spacial score (nSPS) is 12.2. The third-order valence-corrected chi connectivity index (χ3v) is 2.81. The molecule has 0 radical (unpaired) electrons. The number of aliphatic hydroxyl groups is 1. The molecule has 4 nitrogen and oxygen atoms in total. The maximum absolute atomic E-state index is 12.2. The minimum absolute atomic E-state index is 0.0149. The Bertz CT molecular complexity index is 427. The van der Waals surface area contributed by atoms with Crippen molar-refractivity contribution in [2.24, 2.45) is 5.92 Å². The van der Waals surface area contributed by atoms with Crippen LogP contribution in [0.5, 0.6) is 5.75 Å². The number of halogens is 2. The van der Waals surface area contributed by atoms with Crippen LogP contribution in [0.1, 0.15) is 18.9 Å². The highest BCUT2D eigenvalue weighted by Crippen LogP contribution is 2.20. The molecule has 112 valence electrons. The molecule has 1 aromatic carbocycles. The summed E-state index contributed by atoms with van der Waals surface area (Å²) in [6, 6.07) is 6.22. The predicted molar refractivity (Wildman–Crippen MR) is 70.7 cm³/mol. The zero-order valence-electron chi connectivity index (χ0n) is 11.3. The van der Waals surface area contributed by atoms with Crippen molar-refractivity contribution in [1.29, 1.82) is 0 Å². The van der Waals surface area contributed by atoms with E-state index < -0.39 is 6.61 Å². The maximum atomic E-state index is 12.2. The van der Waals surface area contributed by atoms with E-state index >= 15 is 0 Å². The van der Waals surface area contributed by atoms with Crippen LogP contribution in [0.3, 0.4) is 0 Å². The van der Waals surface area contributed by atoms with Gasteiger partial charge in [-0.1, -0.05) is 25.1 Å². The third-order valence-electron chi connectivity index (χ3n) is 2.81. The molecule has 0 saturated heterocycles. The van der Waals surface area contributed by atoms with Crippen LogP contribution in [0.2, 0.25) is 0 Å². The van der Waals surface area contributed by atoms with Crippen molar-refractivity contribution >= 4 is 5.91 Å². The molecule has 1 unspecified atom stereocenters. The summed E-state index contributed by atoms with van der Waals surface area (Å²) < 4.78 is 28.8. The molecule has 1 atom stereocenters. The van der Waals surface area contributed by atoms with Crippen molar-refractivity contribution in [3.8, 4) is 5.75 Å². The van der Waals surface area contributed by atoms with Crippen molar-refractivity contribution in [2.75, 3.05) is 13.2 Å². The molecule has 0 aliphatic heterocycles. The van der Waals surface area contributed by atoms with Crippen molar-refractivity contribution < 1.29 is 23.4 Å². The van der Waals surface area contributed by atoms with E-state index in [-0.39, 0.29) is 30.6 Å². The summed E-state index contributed by atoms with van der Waals surface area (Å²) in [6.07, 6.45) is 0.583. The highest BCUT2D eigenvalue weighted by molar-refractivity contribution is 5.79. The fourth-order valence-corrected chi connectivity index (χ4v) is 1.71. The van der Waals surface area contributed by atoms with Crippen LogP contribution in [-0.2, 0) is 11.2 Å². The van der Waals surface area contributed by atoms with Gasteiger partial charge in [-0.25, -0.2) is 0 Å². The number of hydrogen-bond donors (Lipinski definition) is 2. The lowest BCUT2D eigenvalue weighted by Crippen LogP contribution is -2.30. The standard InChI is InChI=1S/C14H19F2NO3/c1-10(6-7-18)9-17-13(19)8-11-4-2-3-5-12(11)20-14(15)16/h2-5,10,14,18H,6-9H2,1H3,(H,17,19). The number of benzene rings is 1. The maximum Gasteiger partial charge on any atom is 0.387 e. The number of para-hydroxylation sites is 1. The number of ether oxygens (including phenoxy) is 1. The summed E-state index contributed by atoms with van der Waals surface area (Å²) in [5.74, 6) is -0.0855. The second-order valence-electron chi connectivity index (χ2n) is 4.58. The van der Waals surface area contributed by atoms with Crippen LogP contribution < -0.4 is 10.1 Å². The Morgan fingerprint density at radius 3 is 2.75 bits per heavy atom. The van der Waals surface area contributed by atoms with Gasteiger partial charge in [0.05, 0.1) is 6.42 Å². The SMILES string of the molecule is CC(CCO)CNC(=O)Cc1ccccc1OC(F)F. The van der Waals surface area contributed by atoms with Crippen LogP contribution in [0.25, 0.3) is 0 Å². The first-order chi connectivity index (χ1) is 9.52. The van der Waals surface area contributed by atoms with E-state index in [4.69, 9.17) is 5.11 Å². The van der Waals surface area contributed by atoms with E-state index in [1.54, 1.807) is 18.2 Å². The Morgan fingerprint density at radius 2 is 2.10 bits per heavy atom. The van der Waals surface area contributed by atoms with Gasteiger partial charge in [-0.2, -0.15) is 8.78 Å². The summed E-state index contributed by atoms with van der Waals surface area (Å²) in [7, 11) is 0.